The summed E-state index contributed by atoms with van der Waals surface area (Å²) >= 11 is 0. The summed E-state index contributed by atoms with van der Waals surface area (Å²) in [6.45, 7) is 5.74. The topological polar surface area (TPSA) is 115 Å². The summed E-state index contributed by atoms with van der Waals surface area (Å²) in [4.78, 5) is 40.6. The first-order valence-electron chi connectivity index (χ1n) is 18.6. The van der Waals surface area contributed by atoms with Gasteiger partial charge in [-0.05, 0) is 79.1 Å². The number of aromatic nitrogens is 3. The van der Waals surface area contributed by atoms with E-state index in [4.69, 9.17) is 19.2 Å². The van der Waals surface area contributed by atoms with Gasteiger partial charge in [0.2, 0.25) is 6.79 Å². The lowest BCUT2D eigenvalue weighted by Crippen LogP contribution is -2.42. The van der Waals surface area contributed by atoms with Crippen LogP contribution in [0, 0.1) is 0 Å². The number of anilines is 2. The fourth-order valence-electron chi connectivity index (χ4n) is 8.06. The minimum Gasteiger partial charge on any atom is -0.508 e. The zero-order chi connectivity index (χ0) is 37.8. The largest absolute Gasteiger partial charge is 0.508 e. The van der Waals surface area contributed by atoms with Gasteiger partial charge in [0, 0.05) is 80.5 Å². The zero-order valence-corrected chi connectivity index (χ0v) is 31.1. The van der Waals surface area contributed by atoms with Crippen LogP contribution in [-0.2, 0) is 38.3 Å². The van der Waals surface area contributed by atoms with Gasteiger partial charge in [0.05, 0.1) is 36.2 Å². The maximum Gasteiger partial charge on any atom is 0.264 e. The zero-order valence-electron chi connectivity index (χ0n) is 31.1. The van der Waals surface area contributed by atoms with Gasteiger partial charge in [0.1, 0.15) is 11.4 Å². The number of hydrogen-bond donors (Lipinski definition) is 1. The number of amides is 2. The first-order chi connectivity index (χ1) is 26.7. The highest BCUT2D eigenvalue weighted by atomic mass is 16.7. The Balaban J connectivity index is 1.19. The van der Waals surface area contributed by atoms with Crippen molar-refractivity contribution in [2.24, 2.45) is 14.1 Å². The molecule has 1 atom stereocenters. The molecule has 3 aromatic heterocycles. The lowest BCUT2D eigenvalue weighted by Gasteiger charge is -2.35. The summed E-state index contributed by atoms with van der Waals surface area (Å²) in [5.41, 5.74) is 7.41. The first kappa shape index (κ1) is 34.6. The summed E-state index contributed by atoms with van der Waals surface area (Å²) < 4.78 is 21.3. The Morgan fingerprint density at radius 2 is 1.64 bits per heavy atom. The van der Waals surface area contributed by atoms with Crippen LogP contribution in [-0.4, -0.2) is 80.0 Å². The van der Waals surface area contributed by atoms with Crippen LogP contribution in [0.25, 0.3) is 22.3 Å². The second kappa shape index (κ2) is 13.9. The second-order valence-corrected chi connectivity index (χ2v) is 14.5. The van der Waals surface area contributed by atoms with Crippen molar-refractivity contribution in [3.05, 3.63) is 119 Å². The van der Waals surface area contributed by atoms with Crippen molar-refractivity contribution < 1.29 is 28.9 Å². The molecule has 0 spiro atoms. The fourth-order valence-corrected chi connectivity index (χ4v) is 8.06. The maximum atomic E-state index is 15.3. The average molecular weight is 739 g/mol. The molecule has 12 nitrogen and oxygen atoms in total. The number of hydrogen-bond acceptors (Lipinski definition) is 8. The predicted octanol–water partition coefficient (Wildman–Crippen LogP) is 6.41. The Morgan fingerprint density at radius 3 is 2.42 bits per heavy atom. The van der Waals surface area contributed by atoms with E-state index in [0.29, 0.717) is 84.7 Å². The number of aromatic hydroxyl groups is 1. The number of rotatable bonds is 7. The molecule has 3 aliphatic heterocycles. The molecule has 1 N–H and O–H groups in total. The number of nitrogens with zero attached hydrogens (tertiary/aromatic N) is 6. The molecule has 0 saturated carbocycles. The molecule has 6 heterocycles. The van der Waals surface area contributed by atoms with E-state index in [1.807, 2.05) is 70.7 Å². The number of phenolic OH excluding ortho intramolecular Hbond substituents is 1. The van der Waals surface area contributed by atoms with E-state index in [1.165, 1.54) is 5.56 Å². The van der Waals surface area contributed by atoms with Crippen molar-refractivity contribution in [2.75, 3.05) is 38.0 Å². The molecule has 2 amide bonds. The molecule has 0 bridgehead atoms. The van der Waals surface area contributed by atoms with Crippen LogP contribution in [0.5, 0.6) is 17.2 Å². The van der Waals surface area contributed by atoms with Gasteiger partial charge in [0.15, 0.2) is 11.5 Å². The summed E-state index contributed by atoms with van der Waals surface area (Å²) in [6.07, 6.45) is 4.39. The van der Waals surface area contributed by atoms with E-state index >= 15 is 4.79 Å². The predicted molar refractivity (Wildman–Crippen MR) is 208 cm³/mol. The van der Waals surface area contributed by atoms with Crippen molar-refractivity contribution in [1.29, 1.82) is 0 Å². The van der Waals surface area contributed by atoms with Crippen molar-refractivity contribution in [3.63, 3.8) is 0 Å². The van der Waals surface area contributed by atoms with E-state index in [-0.39, 0.29) is 30.4 Å². The number of phenols is 1. The number of aryl methyl sites for hydroxylation is 1. The van der Waals surface area contributed by atoms with Gasteiger partial charge < -0.3 is 33.4 Å². The van der Waals surface area contributed by atoms with Crippen LogP contribution in [0.3, 0.4) is 0 Å². The summed E-state index contributed by atoms with van der Waals surface area (Å²) in [6, 6.07) is 24.3. The molecule has 1 saturated heterocycles. The van der Waals surface area contributed by atoms with Gasteiger partial charge in [-0.3, -0.25) is 19.4 Å². The van der Waals surface area contributed by atoms with Gasteiger partial charge in [-0.1, -0.05) is 24.3 Å². The molecular weight excluding hydrogens is 697 g/mol. The van der Waals surface area contributed by atoms with Gasteiger partial charge in [-0.15, -0.1) is 0 Å². The summed E-state index contributed by atoms with van der Waals surface area (Å²) in [7, 11) is 3.88. The molecule has 9 rings (SSSR count). The quantitative estimate of drug-likeness (QED) is 0.200. The average Bonchev–Trinajstić information content (AvgIpc) is 3.91. The maximum absolute atomic E-state index is 15.3. The third kappa shape index (κ3) is 6.26. The highest BCUT2D eigenvalue weighted by Crippen LogP contribution is 2.42. The molecular formula is C43H42N6O6. The van der Waals surface area contributed by atoms with Crippen LogP contribution in [0.4, 0.5) is 11.4 Å². The number of morpholine rings is 1. The number of carbonyl (C=O) groups excluding carboxylic acids is 2. The molecule has 0 unspecified atom stereocenters. The van der Waals surface area contributed by atoms with Crippen LogP contribution >= 0.6 is 0 Å². The Morgan fingerprint density at radius 1 is 0.891 bits per heavy atom. The van der Waals surface area contributed by atoms with Gasteiger partial charge in [-0.2, -0.15) is 0 Å². The molecule has 280 valence electrons. The van der Waals surface area contributed by atoms with E-state index in [9.17, 15) is 9.90 Å². The normalized spacial score (nSPS) is 16.7. The summed E-state index contributed by atoms with van der Waals surface area (Å²) in [5, 5.41) is 11.1. The number of pyridine rings is 1. The van der Waals surface area contributed by atoms with Gasteiger partial charge in [-0.25, -0.2) is 4.98 Å². The fraction of sp³-hybridized carbons (Fsp3) is 0.279. The molecule has 0 radical (unpaired) electrons. The minimum atomic E-state index is -0.275. The highest BCUT2D eigenvalue weighted by Gasteiger charge is 2.34. The number of carbonyl (C=O) groups is 2. The Hall–Kier alpha value is -6.11. The van der Waals surface area contributed by atoms with Crippen LogP contribution < -0.4 is 14.4 Å². The third-order valence-corrected chi connectivity index (χ3v) is 11.1. The highest BCUT2D eigenvalue weighted by molar-refractivity contribution is 6.13. The van der Waals surface area contributed by atoms with Crippen molar-refractivity contribution in [3.8, 4) is 28.5 Å². The van der Waals surface area contributed by atoms with Gasteiger partial charge >= 0.3 is 0 Å². The van der Waals surface area contributed by atoms with Crippen LogP contribution in [0.15, 0.2) is 91.3 Å². The Kier molecular flexibility index (Phi) is 8.78. The molecule has 0 aliphatic carbocycles. The third-order valence-electron chi connectivity index (χ3n) is 11.1. The molecule has 6 aromatic rings. The first-order valence-corrected chi connectivity index (χ1v) is 18.6. The monoisotopic (exact) mass is 738 g/mol. The van der Waals surface area contributed by atoms with Gasteiger partial charge in [0.25, 0.3) is 11.8 Å². The van der Waals surface area contributed by atoms with E-state index in [0.717, 1.165) is 28.7 Å². The van der Waals surface area contributed by atoms with E-state index in [1.54, 1.807) is 41.4 Å². The Bertz CT molecular complexity index is 2450. The van der Waals surface area contributed by atoms with E-state index in [2.05, 4.69) is 24.0 Å². The molecule has 1 fully saturated rings. The smallest absolute Gasteiger partial charge is 0.264 e. The van der Waals surface area contributed by atoms with Crippen molar-refractivity contribution in [1.82, 2.24) is 23.9 Å². The SMILES string of the molecule is C[C@@H]1Cc2ccccc2CN1C(=O)c1cc2c(cc1-c1cc(C(=O)N(c3ccc(O)cc3)c3cnc4c(ccn4C)c3)c(CN3CCOCC3)n1C)OCO2. The van der Waals surface area contributed by atoms with Crippen molar-refractivity contribution >= 4 is 34.2 Å². The molecule has 3 aliphatic rings. The lowest BCUT2D eigenvalue weighted by atomic mass is 9.93. The molecule has 55 heavy (non-hydrogen) atoms. The van der Waals surface area contributed by atoms with Crippen LogP contribution in [0.1, 0.15) is 44.5 Å². The number of ether oxygens (including phenoxy) is 3. The minimum absolute atomic E-state index is 0.0301. The number of fused-ring (bicyclic) bond motifs is 3. The standard InChI is InChI=1S/C43H42N6O6/c1-27-18-28-6-4-5-7-30(28)24-48(27)42(51)35-22-40-39(54-26-55-40)21-34(35)37-20-36(38(46(37)3)25-47-14-16-53-17-15-47)43(52)49(31-8-10-33(50)11-9-31)32-19-29-12-13-45(2)41(29)44-23-32/h4-13,19-23,27,50H,14-18,24-26H2,1-3H3/t27-/m1/s1. The molecule has 3 aromatic carbocycles. The molecule has 12 heteroatoms. The lowest BCUT2D eigenvalue weighted by molar-refractivity contribution is 0.0332. The summed E-state index contributed by atoms with van der Waals surface area (Å²) in [5.74, 6) is 0.753. The van der Waals surface area contributed by atoms with Crippen molar-refractivity contribution in [2.45, 2.75) is 32.5 Å². The second-order valence-electron chi connectivity index (χ2n) is 14.5. The van der Waals surface area contributed by atoms with Crippen LogP contribution in [0.2, 0.25) is 0 Å². The number of benzene rings is 3. The Labute approximate surface area is 318 Å². The van der Waals surface area contributed by atoms with E-state index < -0.39 is 0 Å².